The first-order valence-electron chi connectivity index (χ1n) is 7.25. The van der Waals surface area contributed by atoms with Crippen molar-refractivity contribution in [3.05, 3.63) is 30.1 Å². The highest BCUT2D eigenvalue weighted by molar-refractivity contribution is 5.92. The number of aromatic nitrogens is 1. The zero-order valence-electron chi connectivity index (χ0n) is 11.2. The molecular weight excluding hydrogens is 238 g/mol. The van der Waals surface area contributed by atoms with Crippen LogP contribution >= 0.6 is 0 Å². The van der Waals surface area contributed by atoms with Crippen molar-refractivity contribution >= 4 is 5.91 Å². The second-order valence-corrected chi connectivity index (χ2v) is 5.60. The fourth-order valence-corrected chi connectivity index (χ4v) is 3.30. The second-order valence-electron chi connectivity index (χ2n) is 5.60. The van der Waals surface area contributed by atoms with Crippen molar-refractivity contribution in [3.63, 3.8) is 0 Å². The summed E-state index contributed by atoms with van der Waals surface area (Å²) in [5.74, 6) is 1.71. The summed E-state index contributed by atoms with van der Waals surface area (Å²) in [5, 5.41) is 3.44. The van der Waals surface area contributed by atoms with Gasteiger partial charge in [-0.15, -0.1) is 0 Å². The van der Waals surface area contributed by atoms with E-state index in [1.807, 2.05) is 17.0 Å². The van der Waals surface area contributed by atoms with Gasteiger partial charge in [-0.05, 0) is 56.3 Å². The molecule has 2 fully saturated rings. The lowest BCUT2D eigenvalue weighted by atomic mass is 9.84. The number of likely N-dealkylation sites (tertiary alicyclic amines) is 1. The van der Waals surface area contributed by atoms with E-state index in [0.717, 1.165) is 44.3 Å². The molecule has 1 unspecified atom stereocenters. The Kier molecular flexibility index (Phi) is 3.78. The monoisotopic (exact) mass is 259 g/mol. The molecule has 0 saturated carbocycles. The van der Waals surface area contributed by atoms with Crippen LogP contribution in [0.1, 0.15) is 29.8 Å². The van der Waals surface area contributed by atoms with Crippen LogP contribution in [0, 0.1) is 11.8 Å². The summed E-state index contributed by atoms with van der Waals surface area (Å²) in [6, 6.07) is 5.52. The molecule has 1 aromatic heterocycles. The molecule has 2 aliphatic rings. The van der Waals surface area contributed by atoms with E-state index < -0.39 is 0 Å². The third-order valence-corrected chi connectivity index (χ3v) is 4.48. The number of carbonyl (C=O) groups is 1. The molecule has 0 aliphatic carbocycles. The van der Waals surface area contributed by atoms with Gasteiger partial charge < -0.3 is 10.2 Å². The maximum atomic E-state index is 12.3. The molecule has 3 heterocycles. The summed E-state index contributed by atoms with van der Waals surface area (Å²) in [4.78, 5) is 18.4. The Morgan fingerprint density at radius 2 is 2.05 bits per heavy atom. The van der Waals surface area contributed by atoms with Gasteiger partial charge in [0.05, 0.1) is 0 Å². The zero-order chi connectivity index (χ0) is 13.1. The number of hydrogen-bond donors (Lipinski definition) is 1. The summed E-state index contributed by atoms with van der Waals surface area (Å²) in [7, 11) is 0. The molecule has 4 heteroatoms. The molecule has 1 amide bonds. The Morgan fingerprint density at radius 1 is 1.21 bits per heavy atom. The Hall–Kier alpha value is -1.42. The number of nitrogens with one attached hydrogen (secondary N) is 1. The summed E-state index contributed by atoms with van der Waals surface area (Å²) in [6.45, 7) is 4.10. The van der Waals surface area contributed by atoms with Gasteiger partial charge in [-0.3, -0.25) is 9.78 Å². The van der Waals surface area contributed by atoms with Gasteiger partial charge in [-0.2, -0.15) is 0 Å². The van der Waals surface area contributed by atoms with Gasteiger partial charge in [0.15, 0.2) is 0 Å². The van der Waals surface area contributed by atoms with Crippen LogP contribution in [0.4, 0.5) is 0 Å². The van der Waals surface area contributed by atoms with E-state index in [1.165, 1.54) is 13.0 Å². The number of pyridine rings is 1. The number of carbonyl (C=O) groups excluding carboxylic acids is 1. The Bertz CT molecular complexity index is 420. The molecule has 0 spiro atoms. The number of amides is 1. The van der Waals surface area contributed by atoms with Crippen molar-refractivity contribution in [2.45, 2.75) is 19.3 Å². The fourth-order valence-electron chi connectivity index (χ4n) is 3.30. The summed E-state index contributed by atoms with van der Waals surface area (Å²) < 4.78 is 0. The SMILES string of the molecule is O=C(c1ccccn1)N1CCC(C2CCNC2)CC1. The average Bonchev–Trinajstić information content (AvgIpc) is 3.02. The van der Waals surface area contributed by atoms with E-state index in [0.29, 0.717) is 5.69 Å². The minimum Gasteiger partial charge on any atom is -0.337 e. The van der Waals surface area contributed by atoms with Crippen LogP contribution in [0.25, 0.3) is 0 Å². The molecule has 0 radical (unpaired) electrons. The van der Waals surface area contributed by atoms with Gasteiger partial charge in [-0.25, -0.2) is 0 Å². The predicted octanol–water partition coefficient (Wildman–Crippen LogP) is 1.54. The molecule has 0 bridgehead atoms. The first-order valence-corrected chi connectivity index (χ1v) is 7.25. The van der Waals surface area contributed by atoms with Crippen molar-refractivity contribution in [3.8, 4) is 0 Å². The average molecular weight is 259 g/mol. The van der Waals surface area contributed by atoms with Gasteiger partial charge in [0.1, 0.15) is 5.69 Å². The second kappa shape index (κ2) is 5.70. The lowest BCUT2D eigenvalue weighted by molar-refractivity contribution is 0.0657. The van der Waals surface area contributed by atoms with Crippen molar-refractivity contribution in [1.82, 2.24) is 15.2 Å². The molecule has 4 nitrogen and oxygen atoms in total. The predicted molar refractivity (Wildman–Crippen MR) is 73.8 cm³/mol. The minimum atomic E-state index is 0.0867. The molecule has 0 aromatic carbocycles. The lowest BCUT2D eigenvalue weighted by Gasteiger charge is -2.34. The Labute approximate surface area is 114 Å². The molecule has 1 atom stereocenters. The van der Waals surface area contributed by atoms with Crippen LogP contribution in [0.2, 0.25) is 0 Å². The van der Waals surface area contributed by atoms with E-state index in [4.69, 9.17) is 0 Å². The first-order chi connectivity index (χ1) is 9.34. The van der Waals surface area contributed by atoms with E-state index in [9.17, 15) is 4.79 Å². The Balaban J connectivity index is 1.56. The molecule has 102 valence electrons. The number of nitrogens with zero attached hydrogens (tertiary/aromatic N) is 2. The van der Waals surface area contributed by atoms with Crippen LogP contribution in [-0.4, -0.2) is 42.0 Å². The number of hydrogen-bond acceptors (Lipinski definition) is 3. The van der Waals surface area contributed by atoms with Gasteiger partial charge in [0.2, 0.25) is 0 Å². The molecule has 19 heavy (non-hydrogen) atoms. The summed E-state index contributed by atoms with van der Waals surface area (Å²) in [5.41, 5.74) is 0.573. The van der Waals surface area contributed by atoms with Crippen LogP contribution in [0.15, 0.2) is 24.4 Å². The highest BCUT2D eigenvalue weighted by atomic mass is 16.2. The molecule has 1 aromatic rings. The topological polar surface area (TPSA) is 45.2 Å². The largest absolute Gasteiger partial charge is 0.337 e. The molecule has 2 saturated heterocycles. The van der Waals surface area contributed by atoms with Gasteiger partial charge >= 0.3 is 0 Å². The van der Waals surface area contributed by atoms with Crippen molar-refractivity contribution < 1.29 is 4.79 Å². The van der Waals surface area contributed by atoms with E-state index in [-0.39, 0.29) is 5.91 Å². The molecule has 2 aliphatic heterocycles. The normalized spacial score (nSPS) is 24.6. The third-order valence-electron chi connectivity index (χ3n) is 4.48. The maximum absolute atomic E-state index is 12.3. The maximum Gasteiger partial charge on any atom is 0.272 e. The minimum absolute atomic E-state index is 0.0867. The van der Waals surface area contributed by atoms with E-state index in [1.54, 1.807) is 12.3 Å². The third kappa shape index (κ3) is 2.78. The van der Waals surface area contributed by atoms with Crippen molar-refractivity contribution in [2.75, 3.05) is 26.2 Å². The quantitative estimate of drug-likeness (QED) is 0.876. The van der Waals surface area contributed by atoms with E-state index >= 15 is 0 Å². The zero-order valence-corrected chi connectivity index (χ0v) is 11.2. The van der Waals surface area contributed by atoms with Crippen LogP contribution < -0.4 is 5.32 Å². The van der Waals surface area contributed by atoms with Gasteiger partial charge in [0.25, 0.3) is 5.91 Å². The van der Waals surface area contributed by atoms with Gasteiger partial charge in [0, 0.05) is 19.3 Å². The first kappa shape index (κ1) is 12.6. The lowest BCUT2D eigenvalue weighted by Crippen LogP contribution is -2.40. The smallest absolute Gasteiger partial charge is 0.272 e. The Morgan fingerprint density at radius 3 is 2.68 bits per heavy atom. The van der Waals surface area contributed by atoms with Crippen molar-refractivity contribution in [2.24, 2.45) is 11.8 Å². The van der Waals surface area contributed by atoms with Gasteiger partial charge in [-0.1, -0.05) is 6.07 Å². The molecular formula is C15H21N3O. The molecule has 3 rings (SSSR count). The number of rotatable bonds is 2. The molecule has 1 N–H and O–H groups in total. The van der Waals surface area contributed by atoms with E-state index in [2.05, 4.69) is 10.3 Å². The fraction of sp³-hybridized carbons (Fsp3) is 0.600. The highest BCUT2D eigenvalue weighted by Gasteiger charge is 2.30. The standard InChI is InChI=1S/C15H21N3O/c19-15(14-3-1-2-7-17-14)18-9-5-12(6-10-18)13-4-8-16-11-13/h1-3,7,12-13,16H,4-6,8-11H2. The number of piperidine rings is 1. The summed E-state index contributed by atoms with van der Waals surface area (Å²) in [6.07, 6.45) is 5.28. The highest BCUT2D eigenvalue weighted by Crippen LogP contribution is 2.29. The van der Waals surface area contributed by atoms with Crippen LogP contribution in [-0.2, 0) is 0 Å². The summed E-state index contributed by atoms with van der Waals surface area (Å²) >= 11 is 0. The van der Waals surface area contributed by atoms with Crippen LogP contribution in [0.5, 0.6) is 0 Å². The van der Waals surface area contributed by atoms with Crippen LogP contribution in [0.3, 0.4) is 0 Å². The van der Waals surface area contributed by atoms with Crippen molar-refractivity contribution in [1.29, 1.82) is 0 Å².